The summed E-state index contributed by atoms with van der Waals surface area (Å²) < 4.78 is 1.93. The molecule has 2 rings (SSSR count). The van der Waals surface area contributed by atoms with E-state index in [1.165, 1.54) is 12.0 Å². The zero-order valence-corrected chi connectivity index (χ0v) is 11.5. The first-order chi connectivity index (χ1) is 8.63. The predicted octanol–water partition coefficient (Wildman–Crippen LogP) is 2.25. The number of nitrogens with one attached hydrogen (secondary N) is 1. The minimum Gasteiger partial charge on any atom is -0.389 e. The van der Waals surface area contributed by atoms with Gasteiger partial charge >= 0.3 is 0 Å². The van der Waals surface area contributed by atoms with E-state index in [0.29, 0.717) is 6.54 Å². The SMILES string of the molecule is CCn1cc(C(C)NCC2(O)CCCCC2)cn1. The molecule has 0 bridgehead atoms. The van der Waals surface area contributed by atoms with E-state index in [1.54, 1.807) is 0 Å². The Kier molecular flexibility index (Phi) is 4.40. The quantitative estimate of drug-likeness (QED) is 0.844. The van der Waals surface area contributed by atoms with Crippen molar-refractivity contribution >= 4 is 0 Å². The van der Waals surface area contributed by atoms with Crippen LogP contribution >= 0.6 is 0 Å². The minimum absolute atomic E-state index is 0.247. The molecule has 1 unspecified atom stereocenters. The number of hydrogen-bond donors (Lipinski definition) is 2. The summed E-state index contributed by atoms with van der Waals surface area (Å²) >= 11 is 0. The maximum Gasteiger partial charge on any atom is 0.0771 e. The third-order valence-corrected chi connectivity index (χ3v) is 4.00. The van der Waals surface area contributed by atoms with E-state index in [4.69, 9.17) is 0 Å². The Bertz CT molecular complexity index is 369. The van der Waals surface area contributed by atoms with Gasteiger partial charge in [0.1, 0.15) is 0 Å². The first-order valence-electron chi connectivity index (χ1n) is 7.11. The van der Waals surface area contributed by atoms with Gasteiger partial charge in [-0.25, -0.2) is 0 Å². The maximum atomic E-state index is 10.4. The van der Waals surface area contributed by atoms with Crippen molar-refractivity contribution in [3.05, 3.63) is 18.0 Å². The first kappa shape index (κ1) is 13.6. The van der Waals surface area contributed by atoms with Crippen molar-refractivity contribution in [2.24, 2.45) is 0 Å². The molecule has 1 fully saturated rings. The molecular weight excluding hydrogens is 226 g/mol. The number of hydrogen-bond acceptors (Lipinski definition) is 3. The van der Waals surface area contributed by atoms with Crippen molar-refractivity contribution in [3.63, 3.8) is 0 Å². The molecule has 102 valence electrons. The molecule has 0 aromatic carbocycles. The van der Waals surface area contributed by atoms with Crippen LogP contribution in [0, 0.1) is 0 Å². The van der Waals surface area contributed by atoms with Crippen molar-refractivity contribution < 1.29 is 5.11 Å². The zero-order chi connectivity index (χ0) is 13.0. The van der Waals surface area contributed by atoms with Gasteiger partial charge in [-0.1, -0.05) is 19.3 Å². The van der Waals surface area contributed by atoms with Crippen molar-refractivity contribution in [2.45, 2.75) is 64.1 Å². The van der Waals surface area contributed by atoms with Crippen LogP contribution in [-0.2, 0) is 6.54 Å². The summed E-state index contributed by atoms with van der Waals surface area (Å²) in [6.45, 7) is 5.80. The van der Waals surface area contributed by atoms with E-state index in [-0.39, 0.29) is 6.04 Å². The molecule has 0 spiro atoms. The van der Waals surface area contributed by atoms with E-state index in [0.717, 1.165) is 32.2 Å². The maximum absolute atomic E-state index is 10.4. The molecule has 1 aromatic heterocycles. The highest BCUT2D eigenvalue weighted by molar-refractivity contribution is 5.09. The second kappa shape index (κ2) is 5.85. The summed E-state index contributed by atoms with van der Waals surface area (Å²) in [4.78, 5) is 0. The van der Waals surface area contributed by atoms with Gasteiger partial charge in [-0.2, -0.15) is 5.10 Å². The smallest absolute Gasteiger partial charge is 0.0771 e. The summed E-state index contributed by atoms with van der Waals surface area (Å²) in [5.74, 6) is 0. The van der Waals surface area contributed by atoms with Crippen LogP contribution in [0.25, 0.3) is 0 Å². The van der Waals surface area contributed by atoms with Gasteiger partial charge in [-0.15, -0.1) is 0 Å². The Morgan fingerprint density at radius 3 is 2.78 bits per heavy atom. The predicted molar refractivity (Wildman–Crippen MR) is 72.4 cm³/mol. The number of aromatic nitrogens is 2. The van der Waals surface area contributed by atoms with E-state index in [9.17, 15) is 5.11 Å². The lowest BCUT2D eigenvalue weighted by atomic mass is 9.84. The van der Waals surface area contributed by atoms with Gasteiger partial charge in [-0.05, 0) is 26.7 Å². The minimum atomic E-state index is -0.493. The van der Waals surface area contributed by atoms with E-state index in [1.807, 2.05) is 10.9 Å². The lowest BCUT2D eigenvalue weighted by Gasteiger charge is -2.33. The Morgan fingerprint density at radius 1 is 1.44 bits per heavy atom. The van der Waals surface area contributed by atoms with Gasteiger partial charge in [0.15, 0.2) is 0 Å². The lowest BCUT2D eigenvalue weighted by molar-refractivity contribution is 0.00300. The number of rotatable bonds is 5. The summed E-state index contributed by atoms with van der Waals surface area (Å²) in [5, 5.41) is 18.2. The van der Waals surface area contributed by atoms with E-state index < -0.39 is 5.60 Å². The largest absolute Gasteiger partial charge is 0.389 e. The molecule has 4 nitrogen and oxygen atoms in total. The molecule has 4 heteroatoms. The molecule has 0 amide bonds. The second-order valence-electron chi connectivity index (χ2n) is 5.52. The average molecular weight is 251 g/mol. The Labute approximate surface area is 109 Å². The van der Waals surface area contributed by atoms with Gasteiger partial charge in [0.05, 0.1) is 11.8 Å². The molecule has 2 N–H and O–H groups in total. The van der Waals surface area contributed by atoms with Crippen LogP contribution in [0.4, 0.5) is 0 Å². The van der Waals surface area contributed by atoms with Gasteiger partial charge < -0.3 is 10.4 Å². The van der Waals surface area contributed by atoms with Crippen LogP contribution in [0.2, 0.25) is 0 Å². The molecule has 1 heterocycles. The molecule has 1 aliphatic rings. The molecule has 1 saturated carbocycles. The fraction of sp³-hybridized carbons (Fsp3) is 0.786. The lowest BCUT2D eigenvalue weighted by Crippen LogP contribution is -2.42. The second-order valence-corrected chi connectivity index (χ2v) is 5.52. The number of nitrogens with zero attached hydrogens (tertiary/aromatic N) is 2. The van der Waals surface area contributed by atoms with Gasteiger partial charge in [-0.3, -0.25) is 4.68 Å². The highest BCUT2D eigenvalue weighted by atomic mass is 16.3. The molecule has 18 heavy (non-hydrogen) atoms. The summed E-state index contributed by atoms with van der Waals surface area (Å²) in [7, 11) is 0. The Balaban J connectivity index is 1.85. The Hall–Kier alpha value is -0.870. The van der Waals surface area contributed by atoms with Crippen molar-refractivity contribution in [3.8, 4) is 0 Å². The molecule has 0 saturated heterocycles. The first-order valence-corrected chi connectivity index (χ1v) is 7.11. The highest BCUT2D eigenvalue weighted by Crippen LogP contribution is 2.28. The molecule has 0 aliphatic heterocycles. The summed E-state index contributed by atoms with van der Waals surface area (Å²) in [5.41, 5.74) is 0.698. The van der Waals surface area contributed by atoms with Crippen LogP contribution in [0.5, 0.6) is 0 Å². The molecule has 1 aliphatic carbocycles. The molecular formula is C14H25N3O. The normalized spacial score (nSPS) is 20.8. The highest BCUT2D eigenvalue weighted by Gasteiger charge is 2.29. The zero-order valence-electron chi connectivity index (χ0n) is 11.5. The number of aliphatic hydroxyl groups is 1. The monoisotopic (exact) mass is 251 g/mol. The van der Waals surface area contributed by atoms with E-state index >= 15 is 0 Å². The van der Waals surface area contributed by atoms with Crippen LogP contribution < -0.4 is 5.32 Å². The van der Waals surface area contributed by atoms with Crippen molar-refractivity contribution in [2.75, 3.05) is 6.54 Å². The fourth-order valence-corrected chi connectivity index (χ4v) is 2.62. The van der Waals surface area contributed by atoms with Gasteiger partial charge in [0.2, 0.25) is 0 Å². The average Bonchev–Trinajstić information content (AvgIpc) is 2.86. The molecule has 1 aromatic rings. The molecule has 1 atom stereocenters. The van der Waals surface area contributed by atoms with Crippen LogP contribution in [0.15, 0.2) is 12.4 Å². The fourth-order valence-electron chi connectivity index (χ4n) is 2.62. The summed E-state index contributed by atoms with van der Waals surface area (Å²) in [6.07, 6.45) is 9.42. The standard InChI is InChI=1S/C14H25N3O/c1-3-17-10-13(9-16-17)12(2)15-11-14(18)7-5-4-6-8-14/h9-10,12,15,18H,3-8,11H2,1-2H3. The summed E-state index contributed by atoms with van der Waals surface area (Å²) in [6, 6.07) is 0.247. The van der Waals surface area contributed by atoms with Crippen molar-refractivity contribution in [1.29, 1.82) is 0 Å². The Morgan fingerprint density at radius 2 is 2.17 bits per heavy atom. The topological polar surface area (TPSA) is 50.1 Å². The van der Waals surface area contributed by atoms with E-state index in [2.05, 4.69) is 30.5 Å². The van der Waals surface area contributed by atoms with Crippen LogP contribution in [0.3, 0.4) is 0 Å². The third kappa shape index (κ3) is 3.33. The van der Waals surface area contributed by atoms with Gasteiger partial charge in [0, 0.05) is 30.9 Å². The number of aryl methyl sites for hydroxylation is 1. The van der Waals surface area contributed by atoms with Crippen molar-refractivity contribution in [1.82, 2.24) is 15.1 Å². The third-order valence-electron chi connectivity index (χ3n) is 4.00. The van der Waals surface area contributed by atoms with Crippen LogP contribution in [-0.4, -0.2) is 27.0 Å². The van der Waals surface area contributed by atoms with Gasteiger partial charge in [0.25, 0.3) is 0 Å². The molecule has 0 radical (unpaired) electrons. The van der Waals surface area contributed by atoms with Crippen LogP contribution in [0.1, 0.15) is 57.6 Å².